The van der Waals surface area contributed by atoms with E-state index < -0.39 is 5.91 Å². The van der Waals surface area contributed by atoms with Gasteiger partial charge in [-0.05, 0) is 61.1 Å². The van der Waals surface area contributed by atoms with Gasteiger partial charge in [-0.15, -0.1) is 0 Å². The summed E-state index contributed by atoms with van der Waals surface area (Å²) in [5, 5.41) is 14.0. The monoisotopic (exact) mass is 380 g/mol. The van der Waals surface area contributed by atoms with Gasteiger partial charge in [0.1, 0.15) is 0 Å². The van der Waals surface area contributed by atoms with Crippen LogP contribution in [-0.4, -0.2) is 30.4 Å². The van der Waals surface area contributed by atoms with Crippen molar-refractivity contribution in [3.05, 3.63) is 53.1 Å². The minimum Gasteiger partial charge on any atom is -0.454 e. The normalized spacial score (nSPS) is 22.1. The highest BCUT2D eigenvalue weighted by molar-refractivity contribution is 6.04. The predicted molar refractivity (Wildman–Crippen MR) is 99.7 cm³/mol. The van der Waals surface area contributed by atoms with Crippen LogP contribution in [0, 0.1) is 5.41 Å². The van der Waals surface area contributed by atoms with Crippen molar-refractivity contribution >= 4 is 17.5 Å². The van der Waals surface area contributed by atoms with Crippen LogP contribution in [0.25, 0.3) is 0 Å². The van der Waals surface area contributed by atoms with E-state index in [2.05, 4.69) is 5.32 Å². The van der Waals surface area contributed by atoms with Crippen molar-refractivity contribution in [1.82, 2.24) is 5.32 Å². The number of hydrogen-bond acceptors (Lipinski definition) is 5. The standard InChI is InChI=1S/C21H20N2O5/c24-19(23(26)16-3-4-17-18(10-16)28-12-27-17)14-1-2-15-11-21(6-5-13(15)9-14)7-8-22-20(21)25/h1-4,9-10,26H,5-8,11-12H2,(H,22,25)/t21-/m0/s1. The first kappa shape index (κ1) is 17.1. The second kappa shape index (κ2) is 6.24. The lowest BCUT2D eigenvalue weighted by Crippen LogP contribution is -2.36. The Morgan fingerprint density at radius 3 is 2.75 bits per heavy atom. The van der Waals surface area contributed by atoms with Crippen LogP contribution in [-0.2, 0) is 17.6 Å². The van der Waals surface area contributed by atoms with Crippen LogP contribution in [0.3, 0.4) is 0 Å². The van der Waals surface area contributed by atoms with Gasteiger partial charge >= 0.3 is 0 Å². The van der Waals surface area contributed by atoms with Crippen molar-refractivity contribution in [2.45, 2.75) is 25.7 Å². The molecule has 5 rings (SSSR count). The van der Waals surface area contributed by atoms with Crippen molar-refractivity contribution in [2.75, 3.05) is 18.4 Å². The van der Waals surface area contributed by atoms with Crippen molar-refractivity contribution in [1.29, 1.82) is 0 Å². The van der Waals surface area contributed by atoms with Crippen LogP contribution in [0.15, 0.2) is 36.4 Å². The molecule has 1 saturated heterocycles. The van der Waals surface area contributed by atoms with E-state index in [0.717, 1.165) is 36.9 Å². The quantitative estimate of drug-likeness (QED) is 0.617. The molecular formula is C21H20N2O5. The van der Waals surface area contributed by atoms with Gasteiger partial charge in [-0.3, -0.25) is 14.8 Å². The van der Waals surface area contributed by atoms with Gasteiger partial charge in [-0.2, -0.15) is 5.06 Å². The number of hydroxylamine groups is 1. The molecule has 7 nitrogen and oxygen atoms in total. The lowest BCUT2D eigenvalue weighted by Gasteiger charge is -2.32. The van der Waals surface area contributed by atoms with E-state index in [1.807, 2.05) is 12.1 Å². The molecule has 144 valence electrons. The Morgan fingerprint density at radius 1 is 1.07 bits per heavy atom. The first-order valence-corrected chi connectivity index (χ1v) is 9.39. The van der Waals surface area contributed by atoms with Gasteiger partial charge in [0.25, 0.3) is 5.91 Å². The molecule has 0 saturated carbocycles. The number of carbonyl (C=O) groups excluding carboxylic acids is 2. The third-order valence-electron chi connectivity index (χ3n) is 6.02. The molecule has 2 N–H and O–H groups in total. The highest BCUT2D eigenvalue weighted by Crippen LogP contribution is 2.41. The number of ether oxygens (including phenoxy) is 2. The largest absolute Gasteiger partial charge is 0.454 e. The van der Waals surface area contributed by atoms with Crippen molar-refractivity contribution in [3.8, 4) is 11.5 Å². The average Bonchev–Trinajstić information content (AvgIpc) is 3.33. The Labute approximate surface area is 161 Å². The van der Waals surface area contributed by atoms with Crippen LogP contribution in [0.2, 0.25) is 0 Å². The summed E-state index contributed by atoms with van der Waals surface area (Å²) in [5.41, 5.74) is 2.59. The Bertz CT molecular complexity index is 989. The van der Waals surface area contributed by atoms with Gasteiger partial charge in [-0.25, -0.2) is 0 Å². The number of amides is 2. The van der Waals surface area contributed by atoms with E-state index in [1.165, 1.54) is 0 Å². The number of aryl methyl sites for hydroxylation is 1. The number of nitrogens with zero attached hydrogens (tertiary/aromatic N) is 1. The number of fused-ring (bicyclic) bond motifs is 2. The fraction of sp³-hybridized carbons (Fsp3) is 0.333. The number of carbonyl (C=O) groups is 2. The molecule has 1 spiro atoms. The summed E-state index contributed by atoms with van der Waals surface area (Å²) in [6.07, 6.45) is 3.10. The molecule has 7 heteroatoms. The van der Waals surface area contributed by atoms with Gasteiger partial charge in [0.2, 0.25) is 12.7 Å². The maximum Gasteiger partial charge on any atom is 0.281 e. The third kappa shape index (κ3) is 2.62. The van der Waals surface area contributed by atoms with E-state index >= 15 is 0 Å². The highest BCUT2D eigenvalue weighted by Gasteiger charge is 2.44. The maximum atomic E-state index is 12.8. The molecule has 1 fully saturated rings. The molecule has 1 aliphatic carbocycles. The zero-order chi connectivity index (χ0) is 19.3. The van der Waals surface area contributed by atoms with Gasteiger partial charge in [0.15, 0.2) is 11.5 Å². The predicted octanol–water partition coefficient (Wildman–Crippen LogP) is 2.45. The highest BCUT2D eigenvalue weighted by atomic mass is 16.7. The van der Waals surface area contributed by atoms with Crippen LogP contribution in [0.5, 0.6) is 11.5 Å². The number of benzene rings is 2. The SMILES string of the molecule is O=C(c1ccc2c(c1)CC[C@]1(CCNC1=O)C2)N(O)c1ccc2c(c1)OCO2. The maximum absolute atomic E-state index is 12.8. The Hall–Kier alpha value is -3.06. The molecule has 0 bridgehead atoms. The lowest BCUT2D eigenvalue weighted by molar-refractivity contribution is -0.128. The molecule has 2 aromatic carbocycles. The van der Waals surface area contributed by atoms with Crippen molar-refractivity contribution < 1.29 is 24.3 Å². The van der Waals surface area contributed by atoms with E-state index in [0.29, 0.717) is 34.2 Å². The van der Waals surface area contributed by atoms with Crippen molar-refractivity contribution in [3.63, 3.8) is 0 Å². The second-order valence-corrected chi connectivity index (χ2v) is 7.60. The number of nitrogens with one attached hydrogen (secondary N) is 1. The molecule has 2 aliphatic heterocycles. The molecule has 0 aromatic heterocycles. The first-order chi connectivity index (χ1) is 13.6. The summed E-state index contributed by atoms with van der Waals surface area (Å²) >= 11 is 0. The molecule has 1 atom stereocenters. The molecule has 28 heavy (non-hydrogen) atoms. The summed E-state index contributed by atoms with van der Waals surface area (Å²) in [6.45, 7) is 0.863. The number of anilines is 1. The minimum atomic E-state index is -0.513. The van der Waals surface area contributed by atoms with Crippen LogP contribution in [0.1, 0.15) is 34.3 Å². The fourth-order valence-electron chi connectivity index (χ4n) is 4.37. The fourth-order valence-corrected chi connectivity index (χ4v) is 4.37. The van der Waals surface area contributed by atoms with Gasteiger partial charge in [0.05, 0.1) is 11.1 Å². The van der Waals surface area contributed by atoms with Crippen molar-refractivity contribution in [2.24, 2.45) is 5.41 Å². The summed E-state index contributed by atoms with van der Waals surface area (Å²) in [5.74, 6) is 0.710. The minimum absolute atomic E-state index is 0.127. The van der Waals surface area contributed by atoms with Gasteiger partial charge in [0, 0.05) is 18.2 Å². The second-order valence-electron chi connectivity index (χ2n) is 7.60. The Kier molecular flexibility index (Phi) is 3.80. The summed E-state index contributed by atoms with van der Waals surface area (Å²) in [7, 11) is 0. The third-order valence-corrected chi connectivity index (χ3v) is 6.02. The molecular weight excluding hydrogens is 360 g/mol. The summed E-state index contributed by atoms with van der Waals surface area (Å²) in [6, 6.07) is 10.3. The van der Waals surface area contributed by atoms with E-state index in [4.69, 9.17) is 9.47 Å². The smallest absolute Gasteiger partial charge is 0.281 e. The van der Waals surface area contributed by atoms with Crippen LogP contribution >= 0.6 is 0 Å². The molecule has 2 heterocycles. The zero-order valence-corrected chi connectivity index (χ0v) is 15.2. The molecule has 2 amide bonds. The topological polar surface area (TPSA) is 88.1 Å². The summed E-state index contributed by atoms with van der Waals surface area (Å²) < 4.78 is 10.6. The molecule has 0 radical (unpaired) electrons. The van der Waals surface area contributed by atoms with E-state index in [-0.39, 0.29) is 18.1 Å². The average molecular weight is 380 g/mol. The lowest BCUT2D eigenvalue weighted by atomic mass is 9.70. The Morgan fingerprint density at radius 2 is 1.93 bits per heavy atom. The van der Waals surface area contributed by atoms with E-state index in [9.17, 15) is 14.8 Å². The number of hydrogen-bond donors (Lipinski definition) is 2. The van der Waals surface area contributed by atoms with Crippen LogP contribution < -0.4 is 19.9 Å². The van der Waals surface area contributed by atoms with Crippen LogP contribution in [0.4, 0.5) is 5.69 Å². The Balaban J connectivity index is 1.38. The molecule has 3 aliphatic rings. The van der Waals surface area contributed by atoms with E-state index in [1.54, 1.807) is 24.3 Å². The zero-order valence-electron chi connectivity index (χ0n) is 15.2. The molecule has 0 unspecified atom stereocenters. The van der Waals surface area contributed by atoms with Gasteiger partial charge < -0.3 is 14.8 Å². The molecule has 2 aromatic rings. The number of rotatable bonds is 2. The first-order valence-electron chi connectivity index (χ1n) is 9.39. The summed E-state index contributed by atoms with van der Waals surface area (Å²) in [4.78, 5) is 25.0. The van der Waals surface area contributed by atoms with Gasteiger partial charge in [-0.1, -0.05) is 6.07 Å².